The fourth-order valence-electron chi connectivity index (χ4n) is 5.03. The Bertz CT molecular complexity index is 1440. The van der Waals surface area contributed by atoms with Crippen LogP contribution in [0.3, 0.4) is 0 Å². The molecule has 2 N–H and O–H groups in total. The number of ether oxygens (including phenoxy) is 1. The van der Waals surface area contributed by atoms with Crippen molar-refractivity contribution in [2.24, 2.45) is 7.05 Å². The van der Waals surface area contributed by atoms with Gasteiger partial charge in [-0.3, -0.25) is 14.5 Å². The molecule has 1 amide bonds. The molecule has 9 heteroatoms. The van der Waals surface area contributed by atoms with Crippen molar-refractivity contribution >= 4 is 39.1 Å². The quantitative estimate of drug-likeness (QED) is 0.443. The molecule has 34 heavy (non-hydrogen) atoms. The van der Waals surface area contributed by atoms with Crippen molar-refractivity contribution in [3.8, 4) is 16.9 Å². The average Bonchev–Trinajstić information content (AvgIpc) is 3.50. The van der Waals surface area contributed by atoms with Crippen LogP contribution in [0.1, 0.15) is 40.4 Å². The van der Waals surface area contributed by atoms with Crippen molar-refractivity contribution in [2.45, 2.75) is 39.0 Å². The number of carbonyl (C=O) groups is 1. The number of halogens is 1. The Hall–Kier alpha value is -2.94. The number of pyridine rings is 1. The first kappa shape index (κ1) is 21.6. The summed E-state index contributed by atoms with van der Waals surface area (Å²) in [5.41, 5.74) is 7.57. The first-order valence-corrected chi connectivity index (χ1v) is 12.5. The predicted molar refractivity (Wildman–Crippen MR) is 133 cm³/mol. The number of nitrogens with zero attached hydrogens (tertiary/aromatic N) is 3. The molecule has 4 aromatic rings. The summed E-state index contributed by atoms with van der Waals surface area (Å²) in [6, 6.07) is 8.03. The summed E-state index contributed by atoms with van der Waals surface area (Å²) in [5.74, 6) is 0.822. The molecule has 1 atom stereocenters. The fraction of sp³-hybridized carbons (Fsp3) is 0.320. The number of aromatic nitrogens is 3. The van der Waals surface area contributed by atoms with Crippen LogP contribution in [0.4, 0.5) is 0 Å². The highest BCUT2D eigenvalue weighted by Gasteiger charge is 2.34. The maximum absolute atomic E-state index is 11.4. The average molecular weight is 494 g/mol. The molecule has 1 aromatic carbocycles. The molecule has 0 radical (unpaired) electrons. The van der Waals surface area contributed by atoms with Crippen molar-refractivity contribution in [3.63, 3.8) is 0 Å². The molecule has 2 aliphatic heterocycles. The third-order valence-corrected chi connectivity index (χ3v) is 7.86. The number of hydrogen-bond donors (Lipinski definition) is 2. The molecular formula is C25H24ClN5O2S. The Morgan fingerprint density at radius 1 is 1.35 bits per heavy atom. The standard InChI is InChI=1S/C25H24ClN5O2S/c1-13(32)29-11-16-10-21-25(34-16)17(3-6-28-21)18-9-15(26)7-14-8-22(33-24(14)18)23-19-12-27-5-4-20(19)30-31(23)2/h3,6-7,9-10,22,27H,4-5,8,11-12H2,1-2H3,(H,29,32)/t22-/m1/s1. The van der Waals surface area contributed by atoms with Crippen molar-refractivity contribution in [2.75, 3.05) is 6.54 Å². The van der Waals surface area contributed by atoms with Crippen LogP contribution < -0.4 is 15.4 Å². The largest absolute Gasteiger partial charge is 0.483 e. The number of amides is 1. The molecule has 5 heterocycles. The molecule has 0 bridgehead atoms. The van der Waals surface area contributed by atoms with Gasteiger partial charge in [0, 0.05) is 78.3 Å². The smallest absolute Gasteiger partial charge is 0.217 e. The second kappa shape index (κ2) is 8.37. The van der Waals surface area contributed by atoms with Gasteiger partial charge in [-0.1, -0.05) is 11.6 Å². The van der Waals surface area contributed by atoms with Gasteiger partial charge in [0.15, 0.2) is 0 Å². The molecule has 0 saturated carbocycles. The summed E-state index contributed by atoms with van der Waals surface area (Å²) in [5, 5.41) is 11.8. The zero-order valence-corrected chi connectivity index (χ0v) is 20.5. The number of carbonyl (C=O) groups excluding carboxylic acids is 1. The van der Waals surface area contributed by atoms with E-state index in [2.05, 4.69) is 15.6 Å². The topological polar surface area (TPSA) is 81.1 Å². The van der Waals surface area contributed by atoms with Crippen LogP contribution in [0, 0.1) is 0 Å². The van der Waals surface area contributed by atoms with Gasteiger partial charge in [-0.2, -0.15) is 5.10 Å². The van der Waals surface area contributed by atoms with Crippen LogP contribution in [-0.4, -0.2) is 27.2 Å². The monoisotopic (exact) mass is 493 g/mol. The lowest BCUT2D eigenvalue weighted by molar-refractivity contribution is -0.119. The Kier molecular flexibility index (Phi) is 5.32. The van der Waals surface area contributed by atoms with E-state index in [1.54, 1.807) is 11.3 Å². The van der Waals surface area contributed by atoms with Gasteiger partial charge in [-0.25, -0.2) is 0 Å². The molecular weight excluding hydrogens is 470 g/mol. The minimum Gasteiger partial charge on any atom is -0.483 e. The molecule has 6 rings (SSSR count). The van der Waals surface area contributed by atoms with E-state index in [-0.39, 0.29) is 12.0 Å². The minimum absolute atomic E-state index is 0.0507. The Labute approximate surface area is 206 Å². The third kappa shape index (κ3) is 3.66. The number of fused-ring (bicyclic) bond motifs is 3. The summed E-state index contributed by atoms with van der Waals surface area (Å²) in [7, 11) is 2.00. The second-order valence-electron chi connectivity index (χ2n) is 8.81. The lowest BCUT2D eigenvalue weighted by atomic mass is 9.98. The zero-order chi connectivity index (χ0) is 23.4. The van der Waals surface area contributed by atoms with Crippen molar-refractivity contribution in [3.05, 3.63) is 62.9 Å². The molecule has 7 nitrogen and oxygen atoms in total. The molecule has 0 aliphatic carbocycles. The lowest BCUT2D eigenvalue weighted by Crippen LogP contribution is -2.24. The molecule has 3 aromatic heterocycles. The van der Waals surface area contributed by atoms with Gasteiger partial charge in [-0.15, -0.1) is 11.3 Å². The second-order valence-corrected chi connectivity index (χ2v) is 10.4. The van der Waals surface area contributed by atoms with E-state index in [9.17, 15) is 4.79 Å². The van der Waals surface area contributed by atoms with Crippen LogP contribution in [0.25, 0.3) is 21.3 Å². The van der Waals surface area contributed by atoms with Gasteiger partial charge in [-0.05, 0) is 24.3 Å². The Balaban J connectivity index is 1.41. The van der Waals surface area contributed by atoms with Gasteiger partial charge in [0.05, 0.1) is 28.1 Å². The summed E-state index contributed by atoms with van der Waals surface area (Å²) in [6.07, 6.45) is 3.40. The van der Waals surface area contributed by atoms with Gasteiger partial charge in [0.1, 0.15) is 11.9 Å². The van der Waals surface area contributed by atoms with Gasteiger partial charge in [0.25, 0.3) is 0 Å². The van der Waals surface area contributed by atoms with E-state index in [1.165, 1.54) is 12.5 Å². The summed E-state index contributed by atoms with van der Waals surface area (Å²) in [4.78, 5) is 17.0. The Morgan fingerprint density at radius 2 is 2.24 bits per heavy atom. The maximum Gasteiger partial charge on any atom is 0.217 e. The van der Waals surface area contributed by atoms with E-state index in [0.29, 0.717) is 11.6 Å². The maximum atomic E-state index is 11.4. The highest BCUT2D eigenvalue weighted by Crippen LogP contribution is 2.48. The highest BCUT2D eigenvalue weighted by atomic mass is 35.5. The molecule has 0 saturated heterocycles. The molecule has 174 valence electrons. The number of rotatable bonds is 4. The Morgan fingerprint density at radius 3 is 3.09 bits per heavy atom. The van der Waals surface area contributed by atoms with E-state index in [1.807, 2.05) is 42.2 Å². The van der Waals surface area contributed by atoms with E-state index in [0.717, 1.165) is 74.9 Å². The summed E-state index contributed by atoms with van der Waals surface area (Å²) >= 11 is 8.23. The van der Waals surface area contributed by atoms with E-state index in [4.69, 9.17) is 21.4 Å². The van der Waals surface area contributed by atoms with Crippen molar-refractivity contribution in [1.29, 1.82) is 0 Å². The highest BCUT2D eigenvalue weighted by molar-refractivity contribution is 7.19. The fourth-order valence-corrected chi connectivity index (χ4v) is 6.35. The van der Waals surface area contributed by atoms with Crippen LogP contribution in [0.2, 0.25) is 5.02 Å². The minimum atomic E-state index is -0.107. The summed E-state index contributed by atoms with van der Waals surface area (Å²) in [6.45, 7) is 3.79. The van der Waals surface area contributed by atoms with E-state index >= 15 is 0 Å². The number of aryl methyl sites for hydroxylation is 1. The van der Waals surface area contributed by atoms with Crippen molar-refractivity contribution < 1.29 is 9.53 Å². The normalized spacial score (nSPS) is 16.9. The first-order chi connectivity index (χ1) is 16.5. The van der Waals surface area contributed by atoms with Gasteiger partial charge < -0.3 is 15.4 Å². The van der Waals surface area contributed by atoms with Crippen LogP contribution in [0.15, 0.2) is 30.5 Å². The lowest BCUT2D eigenvalue weighted by Gasteiger charge is -2.17. The predicted octanol–water partition coefficient (Wildman–Crippen LogP) is 4.31. The molecule has 0 spiro atoms. The molecule has 2 aliphatic rings. The number of hydrogen-bond acceptors (Lipinski definition) is 6. The van der Waals surface area contributed by atoms with E-state index < -0.39 is 0 Å². The molecule has 0 fully saturated rings. The van der Waals surface area contributed by atoms with Crippen LogP contribution in [0.5, 0.6) is 5.75 Å². The van der Waals surface area contributed by atoms with Crippen LogP contribution in [-0.2, 0) is 37.8 Å². The first-order valence-electron chi connectivity index (χ1n) is 11.3. The zero-order valence-electron chi connectivity index (χ0n) is 18.9. The number of benzene rings is 1. The summed E-state index contributed by atoms with van der Waals surface area (Å²) < 4.78 is 9.69. The molecule has 0 unspecified atom stereocenters. The van der Waals surface area contributed by atoms with Crippen molar-refractivity contribution in [1.82, 2.24) is 25.4 Å². The SMILES string of the molecule is CC(=O)NCc1cc2nccc(-c3cc(Cl)cc4c3O[C@@H](c3c5c(nn3C)CCNC5)C4)c2s1. The number of thiophene rings is 1. The van der Waals surface area contributed by atoms with Gasteiger partial charge in [0.2, 0.25) is 5.91 Å². The third-order valence-electron chi connectivity index (χ3n) is 6.48. The van der Waals surface area contributed by atoms with Crippen LogP contribution >= 0.6 is 22.9 Å². The van der Waals surface area contributed by atoms with Gasteiger partial charge >= 0.3 is 0 Å². The number of nitrogens with one attached hydrogen (secondary N) is 2.